The molecule has 1 N–H and O–H groups in total. The second-order valence-corrected chi connectivity index (χ2v) is 6.34. The van der Waals surface area contributed by atoms with Crippen molar-refractivity contribution in [1.29, 1.82) is 0 Å². The molecule has 2 aromatic carbocycles. The van der Waals surface area contributed by atoms with Crippen molar-refractivity contribution in [2.45, 2.75) is 18.9 Å². The normalized spacial score (nSPS) is 19.2. The van der Waals surface area contributed by atoms with Crippen LogP contribution in [0.3, 0.4) is 0 Å². The van der Waals surface area contributed by atoms with Crippen LogP contribution in [-0.2, 0) is 4.79 Å². The molecule has 4 nitrogen and oxygen atoms in total. The van der Waals surface area contributed by atoms with E-state index < -0.39 is 35.3 Å². The molecule has 0 bridgehead atoms. The van der Waals surface area contributed by atoms with Crippen LogP contribution in [0.5, 0.6) is 0 Å². The van der Waals surface area contributed by atoms with Crippen LogP contribution in [0, 0.1) is 29.4 Å². The number of carbonyl (C=O) groups is 2. The van der Waals surface area contributed by atoms with Gasteiger partial charge in [0, 0.05) is 11.1 Å². The molecule has 0 aromatic heterocycles. The first-order chi connectivity index (χ1) is 12.5. The Morgan fingerprint density at radius 2 is 1.58 bits per heavy atom. The molecule has 2 fully saturated rings. The number of carbonyl (C=O) groups excluding carboxylic acids is 2. The van der Waals surface area contributed by atoms with E-state index >= 15 is 0 Å². The molecule has 1 aliphatic carbocycles. The standard InChI is InChI=1S/C20H14F2N2O2/c21-15-10-13(7-6-12-4-2-1-3-5-12)11-16(22)18(15)24-19(25)17(14-8-9-14)23-20(24)26/h1-5,10-11,14,17H,8-9H2,(H,23,26). The Morgan fingerprint density at radius 3 is 2.19 bits per heavy atom. The van der Waals surface area contributed by atoms with Crippen molar-refractivity contribution in [1.82, 2.24) is 5.32 Å². The summed E-state index contributed by atoms with van der Waals surface area (Å²) in [6.45, 7) is 0. The number of urea groups is 1. The first-order valence-electron chi connectivity index (χ1n) is 8.25. The Bertz CT molecular complexity index is 936. The molecule has 3 amide bonds. The predicted octanol–water partition coefficient (Wildman–Crippen LogP) is 3.20. The second kappa shape index (κ2) is 6.26. The Kier molecular flexibility index (Phi) is 3.92. The van der Waals surface area contributed by atoms with E-state index in [1.807, 2.05) is 18.2 Å². The smallest absolute Gasteiger partial charge is 0.325 e. The van der Waals surface area contributed by atoms with Gasteiger partial charge >= 0.3 is 6.03 Å². The summed E-state index contributed by atoms with van der Waals surface area (Å²) in [6, 6.07) is 9.57. The predicted molar refractivity (Wildman–Crippen MR) is 91.3 cm³/mol. The zero-order valence-electron chi connectivity index (χ0n) is 13.6. The van der Waals surface area contributed by atoms with Gasteiger partial charge in [-0.3, -0.25) is 4.79 Å². The van der Waals surface area contributed by atoms with Gasteiger partial charge in [-0.25, -0.2) is 18.5 Å². The molecule has 26 heavy (non-hydrogen) atoms. The maximum absolute atomic E-state index is 14.5. The van der Waals surface area contributed by atoms with Gasteiger partial charge in [-0.2, -0.15) is 0 Å². The molecule has 1 saturated carbocycles. The maximum Gasteiger partial charge on any atom is 0.329 e. The molecule has 6 heteroatoms. The van der Waals surface area contributed by atoms with E-state index in [0.717, 1.165) is 25.0 Å². The summed E-state index contributed by atoms with van der Waals surface area (Å²) in [4.78, 5) is 25.0. The Hall–Kier alpha value is -3.20. The highest BCUT2D eigenvalue weighted by Crippen LogP contribution is 2.37. The van der Waals surface area contributed by atoms with Gasteiger partial charge in [0.2, 0.25) is 0 Å². The van der Waals surface area contributed by atoms with Gasteiger partial charge in [0.15, 0.2) is 11.6 Å². The molecule has 2 aliphatic rings. The van der Waals surface area contributed by atoms with Crippen LogP contribution in [0.25, 0.3) is 0 Å². The van der Waals surface area contributed by atoms with Gasteiger partial charge in [0.1, 0.15) is 11.7 Å². The number of benzene rings is 2. The van der Waals surface area contributed by atoms with Crippen molar-refractivity contribution >= 4 is 17.6 Å². The lowest BCUT2D eigenvalue weighted by atomic mass is 10.1. The third kappa shape index (κ3) is 2.92. The van der Waals surface area contributed by atoms with Crippen molar-refractivity contribution < 1.29 is 18.4 Å². The Balaban J connectivity index is 1.65. The van der Waals surface area contributed by atoms with Gasteiger partial charge in [-0.05, 0) is 43.0 Å². The number of anilines is 1. The SMILES string of the molecule is O=C1NC(C2CC2)C(=O)N1c1c(F)cc(C#Cc2ccccc2)cc1F. The van der Waals surface area contributed by atoms with Gasteiger partial charge < -0.3 is 5.32 Å². The molecular formula is C20H14F2N2O2. The molecular weight excluding hydrogens is 338 g/mol. The minimum Gasteiger partial charge on any atom is -0.325 e. The van der Waals surface area contributed by atoms with Crippen LogP contribution in [0.4, 0.5) is 19.3 Å². The fourth-order valence-corrected chi connectivity index (χ4v) is 2.98. The van der Waals surface area contributed by atoms with Crippen LogP contribution >= 0.6 is 0 Å². The Labute approximate surface area is 148 Å². The van der Waals surface area contributed by atoms with Gasteiger partial charge in [0.25, 0.3) is 5.91 Å². The fourth-order valence-electron chi connectivity index (χ4n) is 2.98. The van der Waals surface area contributed by atoms with E-state index in [-0.39, 0.29) is 11.5 Å². The quantitative estimate of drug-likeness (QED) is 0.667. The van der Waals surface area contributed by atoms with Gasteiger partial charge in [-0.15, -0.1) is 0 Å². The molecule has 1 unspecified atom stereocenters. The van der Waals surface area contributed by atoms with E-state index in [4.69, 9.17) is 0 Å². The van der Waals surface area contributed by atoms with Crippen LogP contribution in [0.15, 0.2) is 42.5 Å². The lowest BCUT2D eigenvalue weighted by molar-refractivity contribution is -0.118. The number of amides is 3. The summed E-state index contributed by atoms with van der Waals surface area (Å²) >= 11 is 0. The summed E-state index contributed by atoms with van der Waals surface area (Å²) in [5, 5.41) is 2.51. The van der Waals surface area contributed by atoms with Gasteiger partial charge in [-0.1, -0.05) is 30.0 Å². The number of hydrogen-bond donors (Lipinski definition) is 1. The molecule has 1 heterocycles. The lowest BCUT2D eigenvalue weighted by Gasteiger charge is -2.15. The topological polar surface area (TPSA) is 49.4 Å². The van der Waals surface area contributed by atoms with Crippen LogP contribution in [0.1, 0.15) is 24.0 Å². The fraction of sp³-hybridized carbons (Fsp3) is 0.200. The molecule has 130 valence electrons. The number of hydrogen-bond acceptors (Lipinski definition) is 2. The van der Waals surface area contributed by atoms with Crippen molar-refractivity contribution in [2.75, 3.05) is 4.90 Å². The number of nitrogens with one attached hydrogen (secondary N) is 1. The summed E-state index contributed by atoms with van der Waals surface area (Å²) in [6.07, 6.45) is 1.65. The van der Waals surface area contributed by atoms with Gasteiger partial charge in [0.05, 0.1) is 0 Å². The molecule has 4 rings (SSSR count). The zero-order chi connectivity index (χ0) is 18.3. The summed E-state index contributed by atoms with van der Waals surface area (Å²) in [5.74, 6) is 2.94. The maximum atomic E-state index is 14.5. The number of imide groups is 1. The largest absolute Gasteiger partial charge is 0.329 e. The molecule has 1 atom stereocenters. The average molecular weight is 352 g/mol. The number of nitrogens with zero attached hydrogens (tertiary/aromatic N) is 1. The van der Waals surface area contributed by atoms with E-state index in [0.29, 0.717) is 10.5 Å². The number of rotatable bonds is 2. The van der Waals surface area contributed by atoms with E-state index in [9.17, 15) is 18.4 Å². The third-order valence-electron chi connectivity index (χ3n) is 4.43. The molecule has 1 aliphatic heterocycles. The first-order valence-corrected chi connectivity index (χ1v) is 8.25. The minimum absolute atomic E-state index is 0.0542. The second-order valence-electron chi connectivity index (χ2n) is 6.34. The monoisotopic (exact) mass is 352 g/mol. The molecule has 0 spiro atoms. The summed E-state index contributed by atoms with van der Waals surface area (Å²) < 4.78 is 29.0. The molecule has 0 radical (unpaired) electrons. The van der Waals surface area contributed by atoms with Crippen molar-refractivity contribution in [3.05, 3.63) is 65.2 Å². The van der Waals surface area contributed by atoms with Crippen molar-refractivity contribution in [3.8, 4) is 11.8 Å². The van der Waals surface area contributed by atoms with E-state index in [1.165, 1.54) is 0 Å². The van der Waals surface area contributed by atoms with Crippen LogP contribution < -0.4 is 10.2 Å². The van der Waals surface area contributed by atoms with Crippen LogP contribution in [0.2, 0.25) is 0 Å². The van der Waals surface area contributed by atoms with E-state index in [1.54, 1.807) is 12.1 Å². The van der Waals surface area contributed by atoms with Crippen molar-refractivity contribution in [3.63, 3.8) is 0 Å². The zero-order valence-corrected chi connectivity index (χ0v) is 13.6. The minimum atomic E-state index is -0.998. The highest BCUT2D eigenvalue weighted by molar-refractivity contribution is 6.21. The lowest BCUT2D eigenvalue weighted by Crippen LogP contribution is -2.33. The van der Waals surface area contributed by atoms with Crippen molar-refractivity contribution in [2.24, 2.45) is 5.92 Å². The summed E-state index contributed by atoms with van der Waals surface area (Å²) in [5.41, 5.74) is 0.179. The molecule has 2 aromatic rings. The third-order valence-corrected chi connectivity index (χ3v) is 4.43. The van der Waals surface area contributed by atoms with E-state index in [2.05, 4.69) is 17.2 Å². The highest BCUT2D eigenvalue weighted by atomic mass is 19.1. The molecule has 1 saturated heterocycles. The highest BCUT2D eigenvalue weighted by Gasteiger charge is 2.48. The summed E-state index contributed by atoms with van der Waals surface area (Å²) in [7, 11) is 0. The average Bonchev–Trinajstić information content (AvgIpc) is 3.42. The Morgan fingerprint density at radius 1 is 0.962 bits per heavy atom. The first kappa shape index (κ1) is 16.3. The van der Waals surface area contributed by atoms with Crippen LogP contribution in [-0.4, -0.2) is 18.0 Å². The number of halogens is 2.